The molecule has 0 aliphatic rings. The third-order valence-corrected chi connectivity index (χ3v) is 5.63. The Morgan fingerprint density at radius 3 is 2.38 bits per heavy atom. The first-order valence-corrected chi connectivity index (χ1v) is 9.88. The number of hydrogen-bond acceptors (Lipinski definition) is 4. The number of benzene rings is 2. The molecule has 0 bridgehead atoms. The van der Waals surface area contributed by atoms with Crippen LogP contribution in [0, 0.1) is 0 Å². The third kappa shape index (κ3) is 5.06. The number of methoxy groups -OCH3 is 1. The van der Waals surface area contributed by atoms with E-state index in [1.165, 1.54) is 24.3 Å². The number of para-hydroxylation sites is 1. The molecular weight excluding hydrogens is 352 g/mol. The van der Waals surface area contributed by atoms with Crippen molar-refractivity contribution in [2.75, 3.05) is 7.11 Å². The molecule has 2 aromatic carbocycles. The van der Waals surface area contributed by atoms with Gasteiger partial charge < -0.3 is 10.1 Å². The fourth-order valence-corrected chi connectivity index (χ4v) is 3.66. The van der Waals surface area contributed by atoms with Crippen LogP contribution < -0.4 is 14.8 Å². The van der Waals surface area contributed by atoms with Crippen LogP contribution in [-0.2, 0) is 16.6 Å². The molecule has 2 N–H and O–H groups in total. The lowest BCUT2D eigenvalue weighted by molar-refractivity contribution is 0.0950. The second kappa shape index (κ2) is 8.82. The van der Waals surface area contributed by atoms with Gasteiger partial charge >= 0.3 is 0 Å². The van der Waals surface area contributed by atoms with Crippen molar-refractivity contribution in [3.63, 3.8) is 0 Å². The number of rotatable bonds is 8. The van der Waals surface area contributed by atoms with E-state index >= 15 is 0 Å². The highest BCUT2D eigenvalue weighted by molar-refractivity contribution is 7.89. The average molecular weight is 376 g/mol. The Labute approximate surface area is 154 Å². The molecule has 0 aliphatic heterocycles. The van der Waals surface area contributed by atoms with Crippen molar-refractivity contribution in [1.82, 2.24) is 10.0 Å². The van der Waals surface area contributed by atoms with Crippen LogP contribution in [0.15, 0.2) is 53.4 Å². The van der Waals surface area contributed by atoms with Gasteiger partial charge in [-0.2, -0.15) is 0 Å². The van der Waals surface area contributed by atoms with E-state index in [1.54, 1.807) is 14.0 Å². The second-order valence-corrected chi connectivity index (χ2v) is 7.66. The van der Waals surface area contributed by atoms with Crippen molar-refractivity contribution in [3.05, 3.63) is 59.7 Å². The first-order valence-electron chi connectivity index (χ1n) is 8.40. The molecule has 0 saturated carbocycles. The van der Waals surface area contributed by atoms with E-state index in [1.807, 2.05) is 31.2 Å². The number of hydrogen-bond donors (Lipinski definition) is 2. The van der Waals surface area contributed by atoms with Crippen LogP contribution in [0.3, 0.4) is 0 Å². The van der Waals surface area contributed by atoms with Gasteiger partial charge in [0.25, 0.3) is 5.91 Å². The molecule has 1 amide bonds. The molecule has 0 aromatic heterocycles. The summed E-state index contributed by atoms with van der Waals surface area (Å²) in [7, 11) is -2.00. The number of sulfonamides is 1. The van der Waals surface area contributed by atoms with Gasteiger partial charge in [0.05, 0.1) is 12.0 Å². The van der Waals surface area contributed by atoms with Crippen LogP contribution in [0.5, 0.6) is 5.75 Å². The summed E-state index contributed by atoms with van der Waals surface area (Å²) in [4.78, 5) is 12.4. The van der Waals surface area contributed by atoms with Crippen LogP contribution >= 0.6 is 0 Å². The van der Waals surface area contributed by atoms with E-state index in [-0.39, 0.29) is 16.8 Å². The normalized spacial score (nSPS) is 12.4. The Hall–Kier alpha value is -2.38. The van der Waals surface area contributed by atoms with E-state index < -0.39 is 10.0 Å². The fourth-order valence-electron chi connectivity index (χ4n) is 2.33. The summed E-state index contributed by atoms with van der Waals surface area (Å²) in [5, 5.41) is 2.81. The molecular formula is C19H24N2O4S. The van der Waals surface area contributed by atoms with E-state index in [0.717, 1.165) is 5.56 Å². The quantitative estimate of drug-likeness (QED) is 0.742. The van der Waals surface area contributed by atoms with Crippen LogP contribution in [0.1, 0.15) is 36.2 Å². The smallest absolute Gasteiger partial charge is 0.251 e. The maximum atomic E-state index is 12.3. The summed E-state index contributed by atoms with van der Waals surface area (Å²) in [5.41, 5.74) is 1.25. The molecule has 2 rings (SSSR count). The highest BCUT2D eigenvalue weighted by atomic mass is 32.2. The van der Waals surface area contributed by atoms with Gasteiger partial charge in [-0.3, -0.25) is 4.79 Å². The highest BCUT2D eigenvalue weighted by Crippen LogP contribution is 2.17. The molecule has 0 radical (unpaired) electrons. The average Bonchev–Trinajstić information content (AvgIpc) is 2.66. The second-order valence-electron chi connectivity index (χ2n) is 5.95. The van der Waals surface area contributed by atoms with Crippen LogP contribution in [-0.4, -0.2) is 27.5 Å². The van der Waals surface area contributed by atoms with Crippen molar-refractivity contribution >= 4 is 15.9 Å². The Balaban J connectivity index is 2.04. The highest BCUT2D eigenvalue weighted by Gasteiger charge is 2.17. The number of carbonyl (C=O) groups is 1. The Morgan fingerprint density at radius 1 is 1.12 bits per heavy atom. The lowest BCUT2D eigenvalue weighted by Gasteiger charge is -2.12. The molecule has 1 atom stereocenters. The van der Waals surface area contributed by atoms with Gasteiger partial charge in [0.1, 0.15) is 5.75 Å². The van der Waals surface area contributed by atoms with Gasteiger partial charge in [0.2, 0.25) is 10.0 Å². The molecule has 0 fully saturated rings. The third-order valence-electron chi connectivity index (χ3n) is 4.03. The minimum atomic E-state index is -3.58. The zero-order chi connectivity index (χ0) is 19.2. The molecule has 0 heterocycles. The Bertz CT molecular complexity index is 848. The van der Waals surface area contributed by atoms with E-state index in [2.05, 4.69) is 10.0 Å². The maximum Gasteiger partial charge on any atom is 0.251 e. The first-order chi connectivity index (χ1) is 12.4. The molecule has 0 spiro atoms. The molecule has 0 aliphatic carbocycles. The number of carbonyl (C=O) groups excluding carboxylic acids is 1. The molecule has 26 heavy (non-hydrogen) atoms. The molecule has 140 valence electrons. The molecule has 0 unspecified atom stereocenters. The first kappa shape index (κ1) is 19.9. The molecule has 6 nitrogen and oxygen atoms in total. The lowest BCUT2D eigenvalue weighted by Crippen LogP contribution is -2.32. The number of ether oxygens (including phenoxy) is 1. The monoisotopic (exact) mass is 376 g/mol. The van der Waals surface area contributed by atoms with Crippen molar-refractivity contribution in [2.45, 2.75) is 37.8 Å². The number of nitrogens with one attached hydrogen (secondary N) is 2. The van der Waals surface area contributed by atoms with Crippen molar-refractivity contribution in [3.8, 4) is 5.75 Å². The summed E-state index contributed by atoms with van der Waals surface area (Å²) >= 11 is 0. The number of amides is 1. The van der Waals surface area contributed by atoms with E-state index in [0.29, 0.717) is 24.3 Å². The largest absolute Gasteiger partial charge is 0.496 e. The van der Waals surface area contributed by atoms with Gasteiger partial charge in [-0.1, -0.05) is 25.1 Å². The van der Waals surface area contributed by atoms with Gasteiger partial charge in [-0.05, 0) is 43.7 Å². The molecule has 2 aromatic rings. The van der Waals surface area contributed by atoms with E-state index in [9.17, 15) is 13.2 Å². The summed E-state index contributed by atoms with van der Waals surface area (Å²) < 4.78 is 32.3. The van der Waals surface area contributed by atoms with Crippen LogP contribution in [0.25, 0.3) is 0 Å². The molecule has 0 saturated heterocycles. The summed E-state index contributed by atoms with van der Waals surface area (Å²) in [6, 6.07) is 13.1. The summed E-state index contributed by atoms with van der Waals surface area (Å²) in [6.45, 7) is 4.03. The van der Waals surface area contributed by atoms with Crippen molar-refractivity contribution in [2.24, 2.45) is 0 Å². The van der Waals surface area contributed by atoms with Crippen LogP contribution in [0.4, 0.5) is 0 Å². The van der Waals surface area contributed by atoms with Gasteiger partial charge in [-0.15, -0.1) is 0 Å². The van der Waals surface area contributed by atoms with Crippen molar-refractivity contribution < 1.29 is 17.9 Å². The Kier molecular flexibility index (Phi) is 6.76. The minimum Gasteiger partial charge on any atom is -0.496 e. The summed E-state index contributed by atoms with van der Waals surface area (Å²) in [6.07, 6.45) is 0.697. The van der Waals surface area contributed by atoms with Gasteiger partial charge in [-0.25, -0.2) is 13.1 Å². The van der Waals surface area contributed by atoms with Gasteiger partial charge in [0.15, 0.2) is 0 Å². The predicted molar refractivity (Wildman–Crippen MR) is 101 cm³/mol. The fraction of sp³-hybridized carbons (Fsp3) is 0.316. The van der Waals surface area contributed by atoms with Gasteiger partial charge in [0, 0.05) is 23.7 Å². The zero-order valence-electron chi connectivity index (χ0n) is 15.2. The lowest BCUT2D eigenvalue weighted by atomic mass is 10.2. The predicted octanol–water partition coefficient (Wildman–Crippen LogP) is 2.70. The maximum absolute atomic E-state index is 12.3. The topological polar surface area (TPSA) is 84.5 Å². The minimum absolute atomic E-state index is 0.138. The van der Waals surface area contributed by atoms with E-state index in [4.69, 9.17) is 4.74 Å². The standard InChI is InChI=1S/C19H24N2O4S/c1-4-14(2)21-26(23,24)17-11-9-15(10-12-17)19(22)20-13-16-7-5-6-8-18(16)25-3/h5-12,14,21H,4,13H2,1-3H3,(H,20,22)/t14-/m0/s1. The van der Waals surface area contributed by atoms with Crippen molar-refractivity contribution in [1.29, 1.82) is 0 Å². The molecule has 7 heteroatoms. The zero-order valence-corrected chi connectivity index (χ0v) is 16.0. The Morgan fingerprint density at radius 2 is 1.77 bits per heavy atom. The van der Waals surface area contributed by atoms with Crippen LogP contribution in [0.2, 0.25) is 0 Å². The summed E-state index contributed by atoms with van der Waals surface area (Å²) in [5.74, 6) is 0.417. The SMILES string of the molecule is CC[C@H](C)NS(=O)(=O)c1ccc(C(=O)NCc2ccccc2OC)cc1.